The second kappa shape index (κ2) is 7.28. The van der Waals surface area contributed by atoms with Crippen LogP contribution in [0.5, 0.6) is 0 Å². The van der Waals surface area contributed by atoms with Crippen LogP contribution in [0.25, 0.3) is 6.20 Å². The second-order valence-electron chi connectivity index (χ2n) is 6.46. The van der Waals surface area contributed by atoms with E-state index in [1.807, 2.05) is 15.9 Å². The maximum absolute atomic E-state index is 10.7. The molecule has 6 nitrogen and oxygen atoms in total. The number of non-ortho nitro benzene ring substituents is 1. The summed E-state index contributed by atoms with van der Waals surface area (Å²) >= 11 is 1.81. The zero-order valence-corrected chi connectivity index (χ0v) is 15.4. The summed E-state index contributed by atoms with van der Waals surface area (Å²) in [6.45, 7) is 3.92. The average Bonchev–Trinajstić information content (AvgIpc) is 3.33. The van der Waals surface area contributed by atoms with Crippen molar-refractivity contribution in [2.45, 2.75) is 25.2 Å². The lowest BCUT2D eigenvalue weighted by atomic mass is 9.86. The summed E-state index contributed by atoms with van der Waals surface area (Å²) < 4.78 is 1.99. The Morgan fingerprint density at radius 1 is 1.26 bits per heavy atom. The molecule has 0 N–H and O–H groups in total. The fourth-order valence-electron chi connectivity index (χ4n) is 3.54. The number of fused-ring (bicyclic) bond motifs is 1. The third-order valence-corrected chi connectivity index (χ3v) is 5.90. The van der Waals surface area contributed by atoms with Crippen LogP contribution in [0, 0.1) is 10.1 Å². The van der Waals surface area contributed by atoms with Crippen LogP contribution in [0.15, 0.2) is 64.7 Å². The van der Waals surface area contributed by atoms with E-state index in [9.17, 15) is 10.1 Å². The minimum Gasteiger partial charge on any atom is -0.304 e. The number of hydrogen-bond acceptors (Lipinski definition) is 5. The topological polar surface area (TPSA) is 72.8 Å². The molecule has 2 heterocycles. The summed E-state index contributed by atoms with van der Waals surface area (Å²) in [7, 11) is 0. The maximum Gasteiger partial charge on any atom is 0.269 e. The summed E-state index contributed by atoms with van der Waals surface area (Å²) in [5.41, 5.74) is 3.15. The van der Waals surface area contributed by atoms with Crippen molar-refractivity contribution in [3.8, 4) is 0 Å². The predicted octanol–water partition coefficient (Wildman–Crippen LogP) is 6.25. The van der Waals surface area contributed by atoms with Crippen molar-refractivity contribution in [3.63, 3.8) is 0 Å². The Kier molecular flexibility index (Phi) is 4.68. The van der Waals surface area contributed by atoms with Crippen LogP contribution >= 0.6 is 11.3 Å². The van der Waals surface area contributed by atoms with E-state index in [0.717, 1.165) is 25.1 Å². The first-order chi connectivity index (χ1) is 13.2. The standard InChI is InChI=1S/C20H18N4O2S/c1-2-23-18-10-5-14(19-4-3-11-27-19)12-15(18)13-20(23)22-21-16-6-8-17(9-7-16)24(25)26/h2-4,6-9,11,13-14H,1,5,10,12H2. The first-order valence-corrected chi connectivity index (χ1v) is 9.59. The molecule has 1 aliphatic rings. The monoisotopic (exact) mass is 378 g/mol. The number of nitrogens with zero attached hydrogens (tertiary/aromatic N) is 4. The molecule has 1 unspecified atom stereocenters. The van der Waals surface area contributed by atoms with E-state index in [0.29, 0.717) is 11.6 Å². The Morgan fingerprint density at radius 2 is 2.07 bits per heavy atom. The minimum absolute atomic E-state index is 0.0403. The van der Waals surface area contributed by atoms with Gasteiger partial charge < -0.3 is 4.57 Å². The molecule has 0 radical (unpaired) electrons. The molecule has 1 atom stereocenters. The third kappa shape index (κ3) is 3.46. The second-order valence-corrected chi connectivity index (χ2v) is 7.43. The molecular formula is C20H18N4O2S. The van der Waals surface area contributed by atoms with Gasteiger partial charge >= 0.3 is 0 Å². The van der Waals surface area contributed by atoms with Crippen molar-refractivity contribution < 1.29 is 4.92 Å². The van der Waals surface area contributed by atoms with E-state index in [1.54, 1.807) is 18.3 Å². The molecular weight excluding hydrogens is 360 g/mol. The third-order valence-electron chi connectivity index (χ3n) is 4.86. The molecule has 0 bridgehead atoms. The zero-order valence-electron chi connectivity index (χ0n) is 14.6. The van der Waals surface area contributed by atoms with Gasteiger partial charge in [0.1, 0.15) is 0 Å². The van der Waals surface area contributed by atoms with E-state index in [4.69, 9.17) is 0 Å². The van der Waals surface area contributed by atoms with Gasteiger partial charge in [0.05, 0.1) is 10.6 Å². The SMILES string of the molecule is C=Cn1c(N=Nc2ccc([N+](=O)[O-])cc2)cc2c1CCC(c1cccs1)C2. The van der Waals surface area contributed by atoms with Gasteiger partial charge in [-0.25, -0.2) is 0 Å². The van der Waals surface area contributed by atoms with Gasteiger partial charge in [-0.2, -0.15) is 0 Å². The van der Waals surface area contributed by atoms with E-state index in [-0.39, 0.29) is 5.69 Å². The molecule has 2 aromatic heterocycles. The van der Waals surface area contributed by atoms with Crippen LogP contribution in [-0.2, 0) is 12.8 Å². The molecule has 3 aromatic rings. The number of aromatic nitrogens is 1. The van der Waals surface area contributed by atoms with Gasteiger partial charge in [0.2, 0.25) is 0 Å². The van der Waals surface area contributed by atoms with Gasteiger partial charge in [-0.05, 0) is 60.4 Å². The highest BCUT2D eigenvalue weighted by atomic mass is 32.1. The Hall–Kier alpha value is -3.06. The Labute approximate surface area is 160 Å². The van der Waals surface area contributed by atoms with Crippen molar-refractivity contribution in [1.29, 1.82) is 0 Å². The molecule has 136 valence electrons. The molecule has 0 fully saturated rings. The first kappa shape index (κ1) is 17.4. The van der Waals surface area contributed by atoms with E-state index in [2.05, 4.69) is 40.4 Å². The largest absolute Gasteiger partial charge is 0.304 e. The highest BCUT2D eigenvalue weighted by molar-refractivity contribution is 7.10. The molecule has 27 heavy (non-hydrogen) atoms. The van der Waals surface area contributed by atoms with Crippen LogP contribution in [0.2, 0.25) is 0 Å². The minimum atomic E-state index is -0.429. The molecule has 7 heteroatoms. The molecule has 0 saturated heterocycles. The average molecular weight is 378 g/mol. The number of hydrogen-bond donors (Lipinski definition) is 0. The van der Waals surface area contributed by atoms with Crippen LogP contribution in [0.1, 0.15) is 28.5 Å². The molecule has 4 rings (SSSR count). The van der Waals surface area contributed by atoms with Crippen LogP contribution in [0.3, 0.4) is 0 Å². The van der Waals surface area contributed by atoms with Crippen LogP contribution in [0.4, 0.5) is 17.2 Å². The molecule has 0 aliphatic heterocycles. The quantitative estimate of drug-likeness (QED) is 0.299. The summed E-state index contributed by atoms with van der Waals surface area (Å²) in [6.07, 6.45) is 4.87. The zero-order chi connectivity index (χ0) is 18.8. The van der Waals surface area contributed by atoms with Gasteiger partial charge in [-0.3, -0.25) is 10.1 Å². The van der Waals surface area contributed by atoms with Crippen molar-refractivity contribution in [2.75, 3.05) is 0 Å². The van der Waals surface area contributed by atoms with Gasteiger partial charge in [-0.15, -0.1) is 21.6 Å². The summed E-state index contributed by atoms with van der Waals surface area (Å²) in [4.78, 5) is 11.7. The fraction of sp³-hybridized carbons (Fsp3) is 0.200. The number of rotatable bonds is 5. The van der Waals surface area contributed by atoms with Crippen molar-refractivity contribution in [2.24, 2.45) is 10.2 Å². The summed E-state index contributed by atoms with van der Waals surface area (Å²) in [5, 5.41) is 21.5. The lowest BCUT2D eigenvalue weighted by Crippen LogP contribution is -2.12. The van der Waals surface area contributed by atoms with Gasteiger partial charge in [0.25, 0.3) is 5.69 Å². The van der Waals surface area contributed by atoms with E-state index >= 15 is 0 Å². The summed E-state index contributed by atoms with van der Waals surface area (Å²) in [6, 6.07) is 12.4. The Balaban J connectivity index is 1.59. The highest BCUT2D eigenvalue weighted by Gasteiger charge is 2.25. The molecule has 0 saturated carbocycles. The Morgan fingerprint density at radius 3 is 2.74 bits per heavy atom. The van der Waals surface area contributed by atoms with E-state index in [1.165, 1.54) is 28.3 Å². The van der Waals surface area contributed by atoms with Gasteiger partial charge in [0, 0.05) is 28.9 Å². The van der Waals surface area contributed by atoms with Gasteiger partial charge in [0.15, 0.2) is 5.82 Å². The number of azo groups is 1. The first-order valence-electron chi connectivity index (χ1n) is 8.71. The highest BCUT2D eigenvalue weighted by Crippen LogP contribution is 2.38. The fourth-order valence-corrected chi connectivity index (χ4v) is 4.40. The molecule has 1 aromatic carbocycles. The molecule has 0 amide bonds. The number of nitro benzene ring substituents is 1. The van der Waals surface area contributed by atoms with Crippen LogP contribution in [-0.4, -0.2) is 9.49 Å². The van der Waals surface area contributed by atoms with E-state index < -0.39 is 4.92 Å². The van der Waals surface area contributed by atoms with Crippen LogP contribution < -0.4 is 0 Å². The molecule has 0 spiro atoms. The van der Waals surface area contributed by atoms with Crippen molar-refractivity contribution in [3.05, 3.63) is 80.7 Å². The number of thiophene rings is 1. The normalized spacial score (nSPS) is 16.4. The Bertz CT molecular complexity index is 1000. The lowest BCUT2D eigenvalue weighted by molar-refractivity contribution is -0.384. The number of benzene rings is 1. The lowest BCUT2D eigenvalue weighted by Gasteiger charge is -2.22. The molecule has 1 aliphatic carbocycles. The van der Waals surface area contributed by atoms with Crippen molar-refractivity contribution >= 4 is 34.7 Å². The van der Waals surface area contributed by atoms with Gasteiger partial charge in [-0.1, -0.05) is 12.6 Å². The maximum atomic E-state index is 10.7. The smallest absolute Gasteiger partial charge is 0.269 e. The summed E-state index contributed by atoms with van der Waals surface area (Å²) in [5.74, 6) is 1.29. The number of nitro groups is 1. The predicted molar refractivity (Wildman–Crippen MR) is 107 cm³/mol. The van der Waals surface area contributed by atoms with Crippen molar-refractivity contribution in [1.82, 2.24) is 4.57 Å².